The molecule has 6 nitrogen and oxygen atoms in total. The smallest absolute Gasteiger partial charge is 0.337 e. The molecular weight excluding hydrogens is 438 g/mol. The lowest BCUT2D eigenvalue weighted by Gasteiger charge is -2.37. The van der Waals surface area contributed by atoms with E-state index in [1.54, 1.807) is 31.6 Å². The average molecular weight is 468 g/mol. The van der Waals surface area contributed by atoms with Gasteiger partial charge in [-0.05, 0) is 44.7 Å². The van der Waals surface area contributed by atoms with Gasteiger partial charge in [0.2, 0.25) is 0 Å². The summed E-state index contributed by atoms with van der Waals surface area (Å²) < 4.78 is 16.8. The van der Waals surface area contributed by atoms with Gasteiger partial charge in [0.15, 0.2) is 17.3 Å². The number of rotatable bonds is 6. The molecule has 7 heteroatoms. The number of benzene rings is 1. The van der Waals surface area contributed by atoms with Crippen LogP contribution < -0.4 is 14.8 Å². The molecule has 0 saturated heterocycles. The first-order valence-corrected chi connectivity index (χ1v) is 11.9. The molecule has 4 rings (SSSR count). The molecule has 1 aliphatic heterocycles. The van der Waals surface area contributed by atoms with Gasteiger partial charge in [-0.2, -0.15) is 0 Å². The lowest BCUT2D eigenvalue weighted by atomic mass is 9.72. The molecule has 0 spiro atoms. The number of Topliss-reactive ketones (excluding diaryl/α,β-unsaturated/α-hetero) is 1. The van der Waals surface area contributed by atoms with Crippen LogP contribution >= 0.6 is 11.3 Å². The van der Waals surface area contributed by atoms with Crippen LogP contribution in [0.25, 0.3) is 0 Å². The molecule has 1 aromatic heterocycles. The van der Waals surface area contributed by atoms with E-state index < -0.39 is 11.9 Å². The molecule has 0 radical (unpaired) electrons. The van der Waals surface area contributed by atoms with Gasteiger partial charge < -0.3 is 19.5 Å². The molecule has 2 aromatic rings. The molecule has 1 aliphatic carbocycles. The van der Waals surface area contributed by atoms with Crippen LogP contribution in [-0.2, 0) is 14.3 Å². The van der Waals surface area contributed by atoms with Gasteiger partial charge in [-0.15, -0.1) is 11.3 Å². The first-order chi connectivity index (χ1) is 15.8. The second-order valence-corrected chi connectivity index (χ2v) is 9.55. The first kappa shape index (κ1) is 23.1. The topological polar surface area (TPSA) is 73.9 Å². The standard InChI is InChI=1S/C26H29NO5S/c1-14(2)32-26(29)22-15(3)27-18-12-16(21-10-7-11-33-21)13-19(28)24(18)23(22)17-8-6-9-20(30-4)25(17)31-5/h6-11,14,16,23,27H,12-13H2,1-5H3/t16-,23-/m0/s1. The van der Waals surface area contributed by atoms with Crippen LogP contribution in [0.15, 0.2) is 58.3 Å². The number of hydrogen-bond donors (Lipinski definition) is 1. The Morgan fingerprint density at radius 3 is 2.55 bits per heavy atom. The highest BCUT2D eigenvalue weighted by molar-refractivity contribution is 7.10. The van der Waals surface area contributed by atoms with Crippen LogP contribution in [0.4, 0.5) is 0 Å². The molecule has 2 heterocycles. The predicted octanol–water partition coefficient (Wildman–Crippen LogP) is 5.08. The van der Waals surface area contributed by atoms with Crippen LogP contribution in [0.3, 0.4) is 0 Å². The average Bonchev–Trinajstić information content (AvgIpc) is 3.31. The highest BCUT2D eigenvalue weighted by Gasteiger charge is 2.43. The summed E-state index contributed by atoms with van der Waals surface area (Å²) in [5.41, 5.74) is 3.29. The highest BCUT2D eigenvalue weighted by atomic mass is 32.1. The Hall–Kier alpha value is -3.06. The van der Waals surface area contributed by atoms with Crippen LogP contribution in [0.5, 0.6) is 11.5 Å². The number of carbonyl (C=O) groups excluding carboxylic acids is 2. The number of thiophene rings is 1. The van der Waals surface area contributed by atoms with Crippen molar-refractivity contribution in [3.63, 3.8) is 0 Å². The Labute approximate surface area is 198 Å². The van der Waals surface area contributed by atoms with Crippen LogP contribution in [0.1, 0.15) is 55.9 Å². The van der Waals surface area contributed by atoms with Crippen molar-refractivity contribution >= 4 is 23.1 Å². The van der Waals surface area contributed by atoms with E-state index in [9.17, 15) is 9.59 Å². The van der Waals surface area contributed by atoms with Gasteiger partial charge in [-0.1, -0.05) is 18.2 Å². The molecule has 33 heavy (non-hydrogen) atoms. The van der Waals surface area contributed by atoms with E-state index in [1.165, 1.54) is 4.88 Å². The molecule has 1 N–H and O–H groups in total. The maximum Gasteiger partial charge on any atom is 0.337 e. The van der Waals surface area contributed by atoms with E-state index in [0.29, 0.717) is 46.7 Å². The molecule has 0 unspecified atom stereocenters. The number of methoxy groups -OCH3 is 2. The fraction of sp³-hybridized carbons (Fsp3) is 0.385. The van der Waals surface area contributed by atoms with Gasteiger partial charge in [-0.25, -0.2) is 4.79 Å². The van der Waals surface area contributed by atoms with Crippen molar-refractivity contribution in [3.05, 3.63) is 68.7 Å². The Bertz CT molecular complexity index is 1130. The molecule has 0 saturated carbocycles. The Kier molecular flexibility index (Phi) is 6.61. The second-order valence-electron chi connectivity index (χ2n) is 8.57. The number of nitrogens with one attached hydrogen (secondary N) is 1. The van der Waals surface area contributed by atoms with Crippen molar-refractivity contribution in [2.24, 2.45) is 0 Å². The first-order valence-electron chi connectivity index (χ1n) is 11.0. The third kappa shape index (κ3) is 4.29. The number of carbonyl (C=O) groups is 2. The third-order valence-electron chi connectivity index (χ3n) is 6.08. The van der Waals surface area contributed by atoms with E-state index >= 15 is 0 Å². The normalized spacial score (nSPS) is 20.5. The summed E-state index contributed by atoms with van der Waals surface area (Å²) in [4.78, 5) is 28.1. The summed E-state index contributed by atoms with van der Waals surface area (Å²) in [6, 6.07) is 9.63. The van der Waals surface area contributed by atoms with Crippen LogP contribution in [0.2, 0.25) is 0 Å². The monoisotopic (exact) mass is 467 g/mol. The number of ether oxygens (including phenoxy) is 3. The Morgan fingerprint density at radius 2 is 1.91 bits per heavy atom. The van der Waals surface area contributed by atoms with Crippen molar-refractivity contribution in [2.45, 2.75) is 51.6 Å². The number of ketones is 1. The lowest BCUT2D eigenvalue weighted by Crippen LogP contribution is -2.36. The van der Waals surface area contributed by atoms with E-state index in [2.05, 4.69) is 11.4 Å². The lowest BCUT2D eigenvalue weighted by molar-refractivity contribution is -0.143. The van der Waals surface area contributed by atoms with Gasteiger partial charge >= 0.3 is 5.97 Å². The van der Waals surface area contributed by atoms with Crippen molar-refractivity contribution in [2.75, 3.05) is 14.2 Å². The minimum absolute atomic E-state index is 0.0272. The van der Waals surface area contributed by atoms with Crippen molar-refractivity contribution in [1.82, 2.24) is 5.32 Å². The SMILES string of the molecule is COc1cccc([C@H]2C(C(=O)OC(C)C)=C(C)NC3=C2C(=O)C[C@@H](c2cccs2)C3)c1OC. The van der Waals surface area contributed by atoms with Crippen LogP contribution in [-0.4, -0.2) is 32.1 Å². The third-order valence-corrected chi connectivity index (χ3v) is 7.12. The molecule has 0 fully saturated rings. The largest absolute Gasteiger partial charge is 0.493 e. The Morgan fingerprint density at radius 1 is 1.12 bits per heavy atom. The van der Waals surface area contributed by atoms with Gasteiger partial charge in [0.25, 0.3) is 0 Å². The molecule has 2 aliphatic rings. The summed E-state index contributed by atoms with van der Waals surface area (Å²) in [6.07, 6.45) is 0.815. The number of dihydropyridines is 1. The zero-order valence-corrected chi connectivity index (χ0v) is 20.4. The summed E-state index contributed by atoms with van der Waals surface area (Å²) >= 11 is 1.67. The minimum atomic E-state index is -0.602. The molecule has 0 amide bonds. The number of hydrogen-bond acceptors (Lipinski definition) is 7. The molecular formula is C26H29NO5S. The fourth-order valence-corrected chi connectivity index (χ4v) is 5.59. The van der Waals surface area contributed by atoms with Crippen molar-refractivity contribution in [1.29, 1.82) is 0 Å². The zero-order valence-electron chi connectivity index (χ0n) is 19.6. The number of esters is 1. The Balaban J connectivity index is 1.88. The van der Waals surface area contributed by atoms with E-state index in [1.807, 2.05) is 44.4 Å². The number of allylic oxidation sites excluding steroid dienone is 3. The van der Waals surface area contributed by atoms with Gasteiger partial charge in [0.1, 0.15) is 0 Å². The van der Waals surface area contributed by atoms with Gasteiger partial charge in [-0.3, -0.25) is 4.79 Å². The van der Waals surface area contributed by atoms with E-state index in [-0.39, 0.29) is 17.8 Å². The summed E-state index contributed by atoms with van der Waals surface area (Å²) in [5.74, 6) is 0.158. The predicted molar refractivity (Wildman–Crippen MR) is 128 cm³/mol. The van der Waals surface area contributed by atoms with Gasteiger partial charge in [0.05, 0.1) is 31.8 Å². The van der Waals surface area contributed by atoms with Crippen molar-refractivity contribution in [3.8, 4) is 11.5 Å². The summed E-state index contributed by atoms with van der Waals surface area (Å²) in [5, 5.41) is 5.42. The van der Waals surface area contributed by atoms with Crippen molar-refractivity contribution < 1.29 is 23.8 Å². The van der Waals surface area contributed by atoms with Crippen LogP contribution in [0, 0.1) is 0 Å². The molecule has 1 aromatic carbocycles. The molecule has 0 bridgehead atoms. The molecule has 174 valence electrons. The van der Waals surface area contributed by atoms with Gasteiger partial charge in [0, 0.05) is 39.7 Å². The maximum absolute atomic E-state index is 13.6. The zero-order chi connectivity index (χ0) is 23.7. The quantitative estimate of drug-likeness (QED) is 0.598. The second kappa shape index (κ2) is 9.43. The maximum atomic E-state index is 13.6. The highest BCUT2D eigenvalue weighted by Crippen LogP contribution is 2.49. The number of para-hydroxylation sites is 1. The molecule has 2 atom stereocenters. The summed E-state index contributed by atoms with van der Waals surface area (Å²) in [6.45, 7) is 5.49. The minimum Gasteiger partial charge on any atom is -0.493 e. The van der Waals surface area contributed by atoms with E-state index in [4.69, 9.17) is 14.2 Å². The van der Waals surface area contributed by atoms with E-state index in [0.717, 1.165) is 5.70 Å². The summed E-state index contributed by atoms with van der Waals surface area (Å²) in [7, 11) is 3.14. The fourth-order valence-electron chi connectivity index (χ4n) is 4.76.